The highest BCUT2D eigenvalue weighted by Crippen LogP contribution is 2.23. The number of carbonyl (C=O) groups excluding carboxylic acids is 1. The number of aromatic nitrogens is 1. The fraction of sp³-hybridized carbons (Fsp3) is 0.480. The van der Waals surface area contributed by atoms with E-state index in [1.54, 1.807) is 9.80 Å². The first-order valence-corrected chi connectivity index (χ1v) is 11.8. The molecule has 2 aromatic rings. The van der Waals surface area contributed by atoms with Gasteiger partial charge in [0.15, 0.2) is 0 Å². The van der Waals surface area contributed by atoms with Crippen LogP contribution in [0.4, 0.5) is 10.6 Å². The maximum absolute atomic E-state index is 12.2. The Hall–Kier alpha value is -3.29. The number of hydrogen-bond acceptors (Lipinski definition) is 5. The topological polar surface area (TPSA) is 95.0 Å². The van der Waals surface area contributed by atoms with Crippen molar-refractivity contribution in [2.45, 2.75) is 38.5 Å². The number of carboxylic acids is 1. The fourth-order valence-corrected chi connectivity index (χ4v) is 4.36. The summed E-state index contributed by atoms with van der Waals surface area (Å²) in [6.07, 6.45) is 5.04. The number of fused-ring (bicyclic) bond motifs is 2. The Labute approximate surface area is 194 Å². The summed E-state index contributed by atoms with van der Waals surface area (Å²) < 4.78 is 5.30. The molecule has 0 unspecified atom stereocenters. The van der Waals surface area contributed by atoms with Gasteiger partial charge in [0.05, 0.1) is 13.0 Å². The largest absolute Gasteiger partial charge is 0.493 e. The van der Waals surface area contributed by atoms with Gasteiger partial charge in [-0.05, 0) is 48.9 Å². The molecule has 0 radical (unpaired) electrons. The number of benzene rings is 1. The Morgan fingerprint density at radius 1 is 1.06 bits per heavy atom. The van der Waals surface area contributed by atoms with Crippen molar-refractivity contribution in [2.24, 2.45) is 0 Å². The van der Waals surface area contributed by atoms with Crippen molar-refractivity contribution in [1.82, 2.24) is 14.8 Å². The number of nitrogens with zero attached hydrogens (tertiary/aromatic N) is 3. The number of aliphatic carboxylic acids is 1. The number of hydrogen-bond donors (Lipinski definition) is 2. The Morgan fingerprint density at radius 3 is 2.70 bits per heavy atom. The molecule has 176 valence electrons. The molecule has 4 heterocycles. The van der Waals surface area contributed by atoms with Crippen molar-refractivity contribution in [2.75, 3.05) is 44.6 Å². The Balaban J connectivity index is 0.000000238. The monoisotopic (exact) mass is 452 g/mol. The molecule has 0 saturated carbocycles. The van der Waals surface area contributed by atoms with E-state index in [4.69, 9.17) is 9.84 Å². The summed E-state index contributed by atoms with van der Waals surface area (Å²) in [4.78, 5) is 30.9. The number of carboxylic acid groups (broad SMARTS) is 1. The van der Waals surface area contributed by atoms with Gasteiger partial charge < -0.3 is 25.0 Å². The van der Waals surface area contributed by atoms with Gasteiger partial charge in [0.2, 0.25) is 0 Å². The standard InChI is InChI=1S/C17H24N4O3.C8H8O/c22-15(23)7-10-21-12-11-20(17(21)24)9-2-4-14-6-5-13-3-1-8-18-16(13)19-14;1-2-4-8-7(3-1)5-6-9-8/h5-6H,1-4,7-12H2,(H,18,19)(H,22,23);1-4H,5-6H2. The Morgan fingerprint density at radius 2 is 1.88 bits per heavy atom. The minimum absolute atomic E-state index is 0.00558. The molecular formula is C25H32N4O4. The molecule has 8 heteroatoms. The number of nitrogens with one attached hydrogen (secondary N) is 1. The van der Waals surface area contributed by atoms with Gasteiger partial charge in [0.1, 0.15) is 11.6 Å². The third kappa shape index (κ3) is 6.15. The van der Waals surface area contributed by atoms with E-state index in [0.717, 1.165) is 62.5 Å². The van der Waals surface area contributed by atoms with E-state index in [2.05, 4.69) is 28.5 Å². The molecule has 1 saturated heterocycles. The smallest absolute Gasteiger partial charge is 0.320 e. The summed E-state index contributed by atoms with van der Waals surface area (Å²) >= 11 is 0. The van der Waals surface area contributed by atoms with E-state index in [0.29, 0.717) is 26.2 Å². The normalized spacial score (nSPS) is 16.3. The number of para-hydroxylation sites is 1. The second-order valence-corrected chi connectivity index (χ2v) is 8.55. The molecule has 1 aromatic heterocycles. The van der Waals surface area contributed by atoms with Crippen molar-refractivity contribution in [3.63, 3.8) is 0 Å². The van der Waals surface area contributed by atoms with Gasteiger partial charge >= 0.3 is 12.0 Å². The molecular weight excluding hydrogens is 420 g/mol. The Kier molecular flexibility index (Phi) is 7.65. The van der Waals surface area contributed by atoms with Crippen LogP contribution in [0.1, 0.15) is 36.1 Å². The predicted octanol–water partition coefficient (Wildman–Crippen LogP) is 3.21. The summed E-state index contributed by atoms with van der Waals surface area (Å²) in [6.45, 7) is 4.12. The molecule has 5 rings (SSSR count). The van der Waals surface area contributed by atoms with Gasteiger partial charge in [0.25, 0.3) is 0 Å². The molecule has 1 fully saturated rings. The van der Waals surface area contributed by atoms with Crippen molar-refractivity contribution in [1.29, 1.82) is 0 Å². The SMILES string of the molecule is O=C(O)CCN1CCN(CCCc2ccc3c(n2)NCCC3)C1=O.c1ccc2c(c1)CCO2. The van der Waals surface area contributed by atoms with Gasteiger partial charge in [-0.15, -0.1) is 0 Å². The Bertz CT molecular complexity index is 958. The zero-order valence-electron chi connectivity index (χ0n) is 19.0. The van der Waals surface area contributed by atoms with Crippen molar-refractivity contribution < 1.29 is 19.4 Å². The van der Waals surface area contributed by atoms with E-state index in [1.165, 1.54) is 11.1 Å². The van der Waals surface area contributed by atoms with Crippen molar-refractivity contribution >= 4 is 17.8 Å². The number of urea groups is 1. The highest BCUT2D eigenvalue weighted by atomic mass is 16.5. The van der Waals surface area contributed by atoms with Gasteiger partial charge in [-0.25, -0.2) is 9.78 Å². The average Bonchev–Trinajstić information content (AvgIpc) is 3.45. The third-order valence-corrected chi connectivity index (χ3v) is 6.19. The minimum Gasteiger partial charge on any atom is -0.493 e. The lowest BCUT2D eigenvalue weighted by Crippen LogP contribution is -2.33. The van der Waals surface area contributed by atoms with Crippen LogP contribution >= 0.6 is 0 Å². The van der Waals surface area contributed by atoms with E-state index < -0.39 is 5.97 Å². The molecule has 33 heavy (non-hydrogen) atoms. The molecule has 0 aliphatic carbocycles. The van der Waals surface area contributed by atoms with Crippen LogP contribution in [0.15, 0.2) is 36.4 Å². The number of rotatable bonds is 7. The van der Waals surface area contributed by atoms with Crippen LogP contribution in [-0.2, 0) is 24.1 Å². The van der Waals surface area contributed by atoms with Crippen molar-refractivity contribution in [3.8, 4) is 5.75 Å². The lowest BCUT2D eigenvalue weighted by molar-refractivity contribution is -0.137. The molecule has 0 bridgehead atoms. The summed E-state index contributed by atoms with van der Waals surface area (Å²) in [5.41, 5.74) is 3.68. The van der Waals surface area contributed by atoms with E-state index >= 15 is 0 Å². The fourth-order valence-electron chi connectivity index (χ4n) is 4.36. The molecule has 0 atom stereocenters. The highest BCUT2D eigenvalue weighted by molar-refractivity contribution is 5.77. The highest BCUT2D eigenvalue weighted by Gasteiger charge is 2.27. The summed E-state index contributed by atoms with van der Waals surface area (Å²) in [7, 11) is 0. The van der Waals surface area contributed by atoms with E-state index in [9.17, 15) is 9.59 Å². The first-order chi connectivity index (χ1) is 16.1. The van der Waals surface area contributed by atoms with Gasteiger partial charge in [-0.3, -0.25) is 4.79 Å². The predicted molar refractivity (Wildman–Crippen MR) is 126 cm³/mol. The number of anilines is 1. The van der Waals surface area contributed by atoms with Gasteiger partial charge in [0, 0.05) is 44.8 Å². The summed E-state index contributed by atoms with van der Waals surface area (Å²) in [6, 6.07) is 12.4. The van der Waals surface area contributed by atoms with E-state index in [1.807, 2.05) is 18.2 Å². The molecule has 0 spiro atoms. The zero-order valence-corrected chi connectivity index (χ0v) is 19.0. The quantitative estimate of drug-likeness (QED) is 0.670. The minimum atomic E-state index is -0.867. The summed E-state index contributed by atoms with van der Waals surface area (Å²) in [5.74, 6) is 1.21. The van der Waals surface area contributed by atoms with Crippen LogP contribution in [0.3, 0.4) is 0 Å². The molecule has 2 amide bonds. The lowest BCUT2D eigenvalue weighted by Gasteiger charge is -2.19. The number of ether oxygens (including phenoxy) is 1. The molecule has 3 aliphatic rings. The molecule has 3 aliphatic heterocycles. The van der Waals surface area contributed by atoms with Gasteiger partial charge in [-0.2, -0.15) is 0 Å². The van der Waals surface area contributed by atoms with Crippen LogP contribution in [0.25, 0.3) is 0 Å². The summed E-state index contributed by atoms with van der Waals surface area (Å²) in [5, 5.41) is 12.1. The maximum atomic E-state index is 12.2. The van der Waals surface area contributed by atoms with Crippen molar-refractivity contribution in [3.05, 3.63) is 53.2 Å². The first kappa shape index (κ1) is 22.9. The average molecular weight is 453 g/mol. The van der Waals surface area contributed by atoms with Crippen LogP contribution < -0.4 is 10.1 Å². The second kappa shape index (κ2) is 11.0. The lowest BCUT2D eigenvalue weighted by atomic mass is 10.1. The van der Waals surface area contributed by atoms with Gasteiger partial charge in [-0.1, -0.05) is 24.3 Å². The number of pyridine rings is 1. The zero-order chi connectivity index (χ0) is 23.0. The first-order valence-electron chi connectivity index (χ1n) is 11.8. The van der Waals surface area contributed by atoms with Crippen LogP contribution in [0.2, 0.25) is 0 Å². The number of aryl methyl sites for hydroxylation is 2. The maximum Gasteiger partial charge on any atom is 0.320 e. The molecule has 8 nitrogen and oxygen atoms in total. The third-order valence-electron chi connectivity index (χ3n) is 6.19. The van der Waals surface area contributed by atoms with Crippen LogP contribution in [0.5, 0.6) is 5.75 Å². The second-order valence-electron chi connectivity index (χ2n) is 8.55. The molecule has 1 aromatic carbocycles. The van der Waals surface area contributed by atoms with Crippen LogP contribution in [0, 0.1) is 0 Å². The number of amides is 2. The van der Waals surface area contributed by atoms with E-state index in [-0.39, 0.29) is 12.5 Å². The molecule has 2 N–H and O–H groups in total. The number of carbonyl (C=O) groups is 2. The van der Waals surface area contributed by atoms with Crippen LogP contribution in [-0.4, -0.2) is 71.2 Å².